The van der Waals surface area contributed by atoms with Crippen molar-refractivity contribution in [2.24, 2.45) is 5.10 Å². The van der Waals surface area contributed by atoms with Crippen molar-refractivity contribution in [1.82, 2.24) is 4.98 Å². The summed E-state index contributed by atoms with van der Waals surface area (Å²) >= 11 is 1.56. The molecule has 1 aromatic heterocycles. The van der Waals surface area contributed by atoms with Gasteiger partial charge in [0.05, 0.1) is 11.9 Å². The Kier molecular flexibility index (Phi) is 5.33. The lowest BCUT2D eigenvalue weighted by molar-refractivity contribution is 0.865. The molecule has 0 fully saturated rings. The normalized spacial score (nSPS) is 11.0. The summed E-state index contributed by atoms with van der Waals surface area (Å²) in [7, 11) is 0. The summed E-state index contributed by atoms with van der Waals surface area (Å²) in [6.07, 6.45) is 1.85. The Morgan fingerprint density at radius 2 is 2.05 bits per heavy atom. The molecule has 4 nitrogen and oxygen atoms in total. The Bertz CT molecular complexity index is 614. The van der Waals surface area contributed by atoms with Crippen molar-refractivity contribution in [3.8, 4) is 0 Å². The van der Waals surface area contributed by atoms with E-state index >= 15 is 0 Å². The minimum atomic E-state index is 0.821. The van der Waals surface area contributed by atoms with Crippen LogP contribution in [0.1, 0.15) is 30.7 Å². The van der Waals surface area contributed by atoms with Gasteiger partial charge in [0, 0.05) is 24.2 Å². The van der Waals surface area contributed by atoms with Crippen molar-refractivity contribution >= 4 is 28.4 Å². The van der Waals surface area contributed by atoms with Crippen LogP contribution in [0.2, 0.25) is 0 Å². The topological polar surface area (TPSA) is 40.5 Å². The Labute approximate surface area is 130 Å². The van der Waals surface area contributed by atoms with Gasteiger partial charge in [-0.05, 0) is 51.0 Å². The minimum Gasteiger partial charge on any atom is -0.372 e. The van der Waals surface area contributed by atoms with Crippen molar-refractivity contribution in [2.45, 2.75) is 27.7 Å². The van der Waals surface area contributed by atoms with E-state index in [0.717, 1.165) is 29.5 Å². The first kappa shape index (κ1) is 15.5. The maximum atomic E-state index is 4.31. The lowest BCUT2D eigenvalue weighted by atomic mass is 10.1. The number of thiazole rings is 1. The molecule has 0 spiro atoms. The van der Waals surface area contributed by atoms with Gasteiger partial charge in [-0.1, -0.05) is 6.07 Å². The molecule has 21 heavy (non-hydrogen) atoms. The van der Waals surface area contributed by atoms with Gasteiger partial charge in [0.15, 0.2) is 0 Å². The molecule has 1 aromatic carbocycles. The van der Waals surface area contributed by atoms with Crippen LogP contribution in [0.3, 0.4) is 0 Å². The number of hydrazone groups is 1. The van der Waals surface area contributed by atoms with E-state index in [4.69, 9.17) is 0 Å². The fraction of sp³-hybridized carbons (Fsp3) is 0.375. The van der Waals surface area contributed by atoms with Crippen molar-refractivity contribution in [2.75, 3.05) is 23.4 Å². The standard InChI is InChI=1S/C16H22N4S/c1-5-20(6-2)15-8-7-14(12(3)9-15)10-17-19-16-18-13(4)11-21-16/h7-11H,5-6H2,1-4H3,(H,18,19). The first-order valence-corrected chi connectivity index (χ1v) is 8.08. The number of benzene rings is 1. The Morgan fingerprint density at radius 3 is 2.62 bits per heavy atom. The highest BCUT2D eigenvalue weighted by Crippen LogP contribution is 2.18. The summed E-state index contributed by atoms with van der Waals surface area (Å²) in [6, 6.07) is 6.47. The lowest BCUT2D eigenvalue weighted by Crippen LogP contribution is -2.21. The molecule has 0 saturated carbocycles. The summed E-state index contributed by atoms with van der Waals surface area (Å²) in [5.41, 5.74) is 7.58. The molecule has 0 bridgehead atoms. The molecule has 0 unspecified atom stereocenters. The zero-order valence-corrected chi connectivity index (χ0v) is 13.9. The molecule has 1 N–H and O–H groups in total. The Hall–Kier alpha value is -1.88. The number of aromatic nitrogens is 1. The predicted molar refractivity (Wildman–Crippen MR) is 92.8 cm³/mol. The highest BCUT2D eigenvalue weighted by Gasteiger charge is 2.03. The van der Waals surface area contributed by atoms with Crippen LogP contribution in [-0.4, -0.2) is 24.3 Å². The van der Waals surface area contributed by atoms with Gasteiger partial charge in [0.25, 0.3) is 0 Å². The van der Waals surface area contributed by atoms with Gasteiger partial charge in [-0.3, -0.25) is 5.43 Å². The smallest absolute Gasteiger partial charge is 0.203 e. The molecular weight excluding hydrogens is 280 g/mol. The average molecular weight is 302 g/mol. The molecule has 1 heterocycles. The van der Waals surface area contributed by atoms with Gasteiger partial charge < -0.3 is 4.90 Å². The molecule has 0 saturated heterocycles. The van der Waals surface area contributed by atoms with Crippen LogP contribution in [0.4, 0.5) is 10.8 Å². The third-order valence-electron chi connectivity index (χ3n) is 3.36. The maximum Gasteiger partial charge on any atom is 0.203 e. The fourth-order valence-corrected chi connectivity index (χ4v) is 2.79. The molecule has 0 aliphatic carbocycles. The number of hydrogen-bond donors (Lipinski definition) is 1. The van der Waals surface area contributed by atoms with E-state index in [1.807, 2.05) is 18.5 Å². The van der Waals surface area contributed by atoms with Crippen LogP contribution in [0.25, 0.3) is 0 Å². The second-order valence-electron chi connectivity index (χ2n) is 4.88. The number of nitrogens with zero attached hydrogens (tertiary/aromatic N) is 3. The molecule has 2 aromatic rings. The van der Waals surface area contributed by atoms with Crippen LogP contribution in [0.5, 0.6) is 0 Å². The molecule has 5 heteroatoms. The van der Waals surface area contributed by atoms with E-state index in [0.29, 0.717) is 0 Å². The quantitative estimate of drug-likeness (QED) is 0.646. The van der Waals surface area contributed by atoms with Crippen molar-refractivity contribution < 1.29 is 0 Å². The maximum absolute atomic E-state index is 4.31. The van der Waals surface area contributed by atoms with E-state index in [1.165, 1.54) is 11.3 Å². The second-order valence-corrected chi connectivity index (χ2v) is 5.74. The first-order valence-electron chi connectivity index (χ1n) is 7.20. The molecule has 0 aliphatic heterocycles. The lowest BCUT2D eigenvalue weighted by Gasteiger charge is -2.21. The number of rotatable bonds is 6. The number of nitrogens with one attached hydrogen (secondary N) is 1. The number of hydrogen-bond acceptors (Lipinski definition) is 5. The van der Waals surface area contributed by atoms with Gasteiger partial charge in [0.2, 0.25) is 5.13 Å². The van der Waals surface area contributed by atoms with E-state index in [-0.39, 0.29) is 0 Å². The van der Waals surface area contributed by atoms with Crippen LogP contribution in [-0.2, 0) is 0 Å². The molecular formula is C16H22N4S. The van der Waals surface area contributed by atoms with Crippen LogP contribution in [0.15, 0.2) is 28.7 Å². The third-order valence-corrected chi connectivity index (χ3v) is 4.23. The summed E-state index contributed by atoms with van der Waals surface area (Å²) in [5.74, 6) is 0. The van der Waals surface area contributed by atoms with Gasteiger partial charge >= 0.3 is 0 Å². The third kappa shape index (κ3) is 4.04. The number of anilines is 2. The van der Waals surface area contributed by atoms with Crippen molar-refractivity contribution in [1.29, 1.82) is 0 Å². The molecule has 112 valence electrons. The van der Waals surface area contributed by atoms with Gasteiger partial charge in [-0.25, -0.2) is 4.98 Å². The summed E-state index contributed by atoms with van der Waals surface area (Å²) in [5, 5.41) is 7.08. The Morgan fingerprint density at radius 1 is 1.29 bits per heavy atom. The minimum absolute atomic E-state index is 0.821. The van der Waals surface area contributed by atoms with E-state index < -0.39 is 0 Å². The van der Waals surface area contributed by atoms with Crippen molar-refractivity contribution in [3.63, 3.8) is 0 Å². The molecule has 0 radical (unpaired) electrons. The zero-order chi connectivity index (χ0) is 15.2. The second kappa shape index (κ2) is 7.22. The van der Waals surface area contributed by atoms with Crippen LogP contribution >= 0.6 is 11.3 Å². The predicted octanol–water partition coefficient (Wildman–Crippen LogP) is 4.05. The first-order chi connectivity index (χ1) is 10.1. The fourth-order valence-electron chi connectivity index (χ4n) is 2.15. The van der Waals surface area contributed by atoms with Gasteiger partial charge in [0.1, 0.15) is 0 Å². The molecule has 0 aliphatic rings. The zero-order valence-electron chi connectivity index (χ0n) is 13.1. The molecule has 0 atom stereocenters. The van der Waals surface area contributed by atoms with Crippen molar-refractivity contribution in [3.05, 3.63) is 40.4 Å². The largest absolute Gasteiger partial charge is 0.372 e. The number of aryl methyl sites for hydroxylation is 2. The van der Waals surface area contributed by atoms with Gasteiger partial charge in [-0.15, -0.1) is 11.3 Å². The SMILES string of the molecule is CCN(CC)c1ccc(C=NNc2nc(C)cs2)c(C)c1. The van der Waals surface area contributed by atoms with E-state index in [2.05, 4.69) is 59.4 Å². The van der Waals surface area contributed by atoms with E-state index in [1.54, 1.807) is 11.3 Å². The summed E-state index contributed by atoms with van der Waals surface area (Å²) in [6.45, 7) is 10.5. The van der Waals surface area contributed by atoms with E-state index in [9.17, 15) is 0 Å². The Balaban J connectivity index is 2.06. The summed E-state index contributed by atoms with van der Waals surface area (Å²) in [4.78, 5) is 6.65. The molecule has 0 amide bonds. The summed E-state index contributed by atoms with van der Waals surface area (Å²) < 4.78 is 0. The van der Waals surface area contributed by atoms with Crippen LogP contribution in [0, 0.1) is 13.8 Å². The average Bonchev–Trinajstić information content (AvgIpc) is 2.88. The highest BCUT2D eigenvalue weighted by atomic mass is 32.1. The highest BCUT2D eigenvalue weighted by molar-refractivity contribution is 7.13. The molecule has 2 rings (SSSR count). The van der Waals surface area contributed by atoms with Gasteiger partial charge in [-0.2, -0.15) is 5.10 Å². The monoisotopic (exact) mass is 302 g/mol. The van der Waals surface area contributed by atoms with Crippen LogP contribution < -0.4 is 10.3 Å².